The first-order chi connectivity index (χ1) is 19.0. The molecule has 0 spiro atoms. The number of unbranched alkanes of at least 4 members (excludes halogenated alkanes) is 2. The average molecular weight is 549 g/mol. The molecule has 0 amide bonds. The fraction of sp³-hybridized carbons (Fsp3) is 0.351. The van der Waals surface area contributed by atoms with Gasteiger partial charge in [0.05, 0.1) is 0 Å². The molecule has 0 saturated carbocycles. The number of fused-ring (bicyclic) bond motifs is 2. The highest BCUT2D eigenvalue weighted by Crippen LogP contribution is 2.62. The molecule has 2 atom stereocenters. The van der Waals surface area contributed by atoms with Crippen molar-refractivity contribution in [2.75, 3.05) is 0 Å². The molecule has 0 nitrogen and oxygen atoms in total. The van der Waals surface area contributed by atoms with E-state index in [1.54, 1.807) is 0 Å². The Bertz CT molecular complexity index is 1410. The van der Waals surface area contributed by atoms with Crippen molar-refractivity contribution < 1.29 is 0 Å². The van der Waals surface area contributed by atoms with Crippen LogP contribution in [0.1, 0.15) is 108 Å². The van der Waals surface area contributed by atoms with E-state index in [4.69, 9.17) is 0 Å². The Morgan fingerprint density at radius 3 is 1.51 bits per heavy atom. The normalized spacial score (nSPS) is 18.2. The Labute approximate surface area is 243 Å². The maximum atomic E-state index is 2.53. The molecular weight excluding hydrogens is 509 g/mol. The number of thiophene rings is 2. The molecule has 0 fully saturated rings. The van der Waals surface area contributed by atoms with Gasteiger partial charge in [0, 0.05) is 21.6 Å². The Morgan fingerprint density at radius 2 is 1.08 bits per heavy atom. The van der Waals surface area contributed by atoms with Crippen LogP contribution in [0.4, 0.5) is 0 Å². The maximum absolute atomic E-state index is 2.53. The first-order valence-corrected chi connectivity index (χ1v) is 16.5. The summed E-state index contributed by atoms with van der Waals surface area (Å²) >= 11 is 3.89. The summed E-state index contributed by atoms with van der Waals surface area (Å²) in [6.45, 7) is 9.64. The van der Waals surface area contributed by atoms with Crippen LogP contribution >= 0.6 is 22.7 Å². The zero-order valence-electron chi connectivity index (χ0n) is 23.8. The monoisotopic (exact) mass is 548 g/mol. The zero-order chi connectivity index (χ0) is 27.0. The zero-order valence-corrected chi connectivity index (χ0v) is 25.4. The predicted molar refractivity (Wildman–Crippen MR) is 174 cm³/mol. The molecule has 6 rings (SSSR count). The first-order valence-electron chi connectivity index (χ1n) is 14.8. The van der Waals surface area contributed by atoms with Gasteiger partial charge in [-0.2, -0.15) is 0 Å². The molecular formula is C37H40S2. The quantitative estimate of drug-likeness (QED) is 0.185. The number of benzene rings is 2. The number of hydrogen-bond acceptors (Lipinski definition) is 2. The van der Waals surface area contributed by atoms with Crippen LogP contribution in [0, 0.1) is 5.41 Å². The van der Waals surface area contributed by atoms with Crippen molar-refractivity contribution in [1.82, 2.24) is 0 Å². The van der Waals surface area contributed by atoms with Gasteiger partial charge in [-0.1, -0.05) is 89.1 Å². The molecule has 2 aliphatic rings. The summed E-state index contributed by atoms with van der Waals surface area (Å²) < 4.78 is 0. The Balaban J connectivity index is 1.44. The number of rotatable bonds is 10. The summed E-state index contributed by atoms with van der Waals surface area (Å²) in [4.78, 5) is 2.90. The summed E-state index contributed by atoms with van der Waals surface area (Å²) in [7, 11) is 0. The molecule has 2 heteroatoms. The lowest BCUT2D eigenvalue weighted by atomic mass is 9.62. The first kappa shape index (κ1) is 26.5. The van der Waals surface area contributed by atoms with Gasteiger partial charge >= 0.3 is 0 Å². The van der Waals surface area contributed by atoms with Gasteiger partial charge in [-0.05, 0) is 111 Å². The fourth-order valence-corrected chi connectivity index (χ4v) is 8.91. The lowest BCUT2D eigenvalue weighted by Gasteiger charge is -2.41. The summed E-state index contributed by atoms with van der Waals surface area (Å²) in [5.41, 5.74) is 11.7. The van der Waals surface area contributed by atoms with Crippen molar-refractivity contribution >= 4 is 46.0 Å². The van der Waals surface area contributed by atoms with Crippen molar-refractivity contribution in [1.29, 1.82) is 0 Å². The maximum Gasteiger partial charge on any atom is 0.0311 e. The SMILES string of the molecule is CCCCc1csc(C2=Cc3ccccc3C2C(C)(C)C2C(c3cc(CCCC)cs3)=Cc3ccccc32)c1. The van der Waals surface area contributed by atoms with Crippen molar-refractivity contribution in [2.45, 2.75) is 78.1 Å². The molecule has 2 heterocycles. The summed E-state index contributed by atoms with van der Waals surface area (Å²) in [5.74, 6) is 0.677. The second-order valence-corrected chi connectivity index (χ2v) is 13.8. The minimum atomic E-state index is -0.0159. The van der Waals surface area contributed by atoms with Crippen molar-refractivity contribution in [3.63, 3.8) is 0 Å². The minimum Gasteiger partial charge on any atom is -0.144 e. The Kier molecular flexibility index (Phi) is 7.53. The van der Waals surface area contributed by atoms with Crippen LogP contribution < -0.4 is 0 Å². The number of aryl methyl sites for hydroxylation is 2. The van der Waals surface area contributed by atoms with E-state index in [1.807, 2.05) is 22.7 Å². The number of allylic oxidation sites excluding steroid dienone is 2. The van der Waals surface area contributed by atoms with Crippen molar-refractivity contribution in [3.8, 4) is 0 Å². The topological polar surface area (TPSA) is 0 Å². The largest absolute Gasteiger partial charge is 0.144 e. The smallest absolute Gasteiger partial charge is 0.0311 e. The van der Waals surface area contributed by atoms with Gasteiger partial charge in [0.1, 0.15) is 0 Å². The molecule has 4 aromatic rings. The van der Waals surface area contributed by atoms with E-state index in [0.29, 0.717) is 11.8 Å². The molecule has 2 aromatic heterocycles. The standard InChI is InChI=1S/C37H40S2/c1-5-7-13-25-19-33(38-23-25)31-21-27-15-9-11-17-29(27)35(31)37(3,4)36-30-18-12-10-16-28(30)22-32(36)34-20-26(24-39-34)14-8-6-2/h9-12,15-24,35-36H,5-8,13-14H2,1-4H3. The van der Waals surface area contributed by atoms with E-state index in [9.17, 15) is 0 Å². The van der Waals surface area contributed by atoms with E-state index >= 15 is 0 Å². The third-order valence-corrected chi connectivity index (χ3v) is 10.9. The molecule has 39 heavy (non-hydrogen) atoms. The molecule has 2 unspecified atom stereocenters. The van der Waals surface area contributed by atoms with Crippen LogP contribution in [0.15, 0.2) is 71.4 Å². The molecule has 0 aliphatic heterocycles. The second-order valence-electron chi connectivity index (χ2n) is 12.0. The molecule has 0 saturated heterocycles. The van der Waals surface area contributed by atoms with Gasteiger partial charge in [0.2, 0.25) is 0 Å². The van der Waals surface area contributed by atoms with Gasteiger partial charge in [0.25, 0.3) is 0 Å². The Morgan fingerprint density at radius 1 is 0.641 bits per heavy atom. The highest BCUT2D eigenvalue weighted by Gasteiger charge is 2.47. The lowest BCUT2D eigenvalue weighted by Crippen LogP contribution is -2.29. The van der Waals surface area contributed by atoms with Crippen LogP contribution in [0.5, 0.6) is 0 Å². The van der Waals surface area contributed by atoms with Gasteiger partial charge < -0.3 is 0 Å². The summed E-state index contributed by atoms with van der Waals surface area (Å²) in [6.07, 6.45) is 12.4. The van der Waals surface area contributed by atoms with Gasteiger partial charge in [0.15, 0.2) is 0 Å². The highest BCUT2D eigenvalue weighted by molar-refractivity contribution is 7.11. The van der Waals surface area contributed by atoms with Crippen LogP contribution in [-0.4, -0.2) is 0 Å². The van der Waals surface area contributed by atoms with Gasteiger partial charge in [-0.15, -0.1) is 22.7 Å². The predicted octanol–water partition coefficient (Wildman–Crippen LogP) is 11.5. The summed E-state index contributed by atoms with van der Waals surface area (Å²) in [6, 6.07) is 23.2. The van der Waals surface area contributed by atoms with Crippen LogP contribution in [-0.2, 0) is 12.8 Å². The molecule has 0 radical (unpaired) electrons. The third-order valence-electron chi connectivity index (χ3n) is 8.86. The average Bonchev–Trinajstić information content (AvgIpc) is 3.74. The van der Waals surface area contributed by atoms with Crippen LogP contribution in [0.25, 0.3) is 23.3 Å². The lowest BCUT2D eigenvalue weighted by molar-refractivity contribution is 0.304. The molecule has 2 aromatic carbocycles. The second kappa shape index (κ2) is 11.1. The van der Waals surface area contributed by atoms with E-state index in [-0.39, 0.29) is 5.41 Å². The molecule has 0 N–H and O–H groups in total. The minimum absolute atomic E-state index is 0.0159. The molecule has 200 valence electrons. The van der Waals surface area contributed by atoms with Gasteiger partial charge in [-0.3, -0.25) is 0 Å². The van der Waals surface area contributed by atoms with Gasteiger partial charge in [-0.25, -0.2) is 0 Å². The van der Waals surface area contributed by atoms with E-state index in [0.717, 1.165) is 0 Å². The van der Waals surface area contributed by atoms with E-state index < -0.39 is 0 Å². The van der Waals surface area contributed by atoms with E-state index in [1.165, 1.54) is 92.8 Å². The molecule has 2 aliphatic carbocycles. The number of hydrogen-bond donors (Lipinski definition) is 0. The molecule has 0 bridgehead atoms. The van der Waals surface area contributed by atoms with E-state index in [2.05, 4.69) is 111 Å². The fourth-order valence-electron chi connectivity index (χ4n) is 6.92. The Hall–Kier alpha value is -2.68. The van der Waals surface area contributed by atoms with Crippen molar-refractivity contribution in [2.24, 2.45) is 5.41 Å². The summed E-state index contributed by atoms with van der Waals surface area (Å²) in [5, 5.41) is 4.80. The van der Waals surface area contributed by atoms with Crippen molar-refractivity contribution in [3.05, 3.63) is 115 Å². The third kappa shape index (κ3) is 4.92. The van der Waals surface area contributed by atoms with Crippen LogP contribution in [0.3, 0.4) is 0 Å². The van der Waals surface area contributed by atoms with Crippen LogP contribution in [0.2, 0.25) is 0 Å². The highest BCUT2D eigenvalue weighted by atomic mass is 32.1.